The quantitative estimate of drug-likeness (QED) is 0.485. The fourth-order valence-corrected chi connectivity index (χ4v) is 5.06. The number of halogens is 3. The highest BCUT2D eigenvalue weighted by molar-refractivity contribution is 7.99. The van der Waals surface area contributed by atoms with E-state index in [1.54, 1.807) is 4.57 Å². The molecule has 0 saturated carbocycles. The van der Waals surface area contributed by atoms with Gasteiger partial charge in [0.15, 0.2) is 11.0 Å². The van der Waals surface area contributed by atoms with Gasteiger partial charge in [0.1, 0.15) is 0 Å². The van der Waals surface area contributed by atoms with Crippen molar-refractivity contribution in [2.75, 3.05) is 29.1 Å². The molecule has 3 aromatic rings. The van der Waals surface area contributed by atoms with Gasteiger partial charge in [-0.2, -0.15) is 13.2 Å². The number of aromatic nitrogens is 3. The second kappa shape index (κ2) is 9.53. The minimum Gasteiger partial charge on any atom is -0.370 e. The molecular formula is C21H22F3N5OS2. The molecule has 11 heteroatoms. The maximum Gasteiger partial charge on any atom is 0.416 e. The van der Waals surface area contributed by atoms with Gasteiger partial charge < -0.3 is 14.8 Å². The van der Waals surface area contributed by atoms with E-state index in [2.05, 4.69) is 15.5 Å². The number of nitrogens with zero attached hydrogens (tertiary/aromatic N) is 4. The van der Waals surface area contributed by atoms with Gasteiger partial charge in [0.25, 0.3) is 0 Å². The number of thiophene rings is 1. The van der Waals surface area contributed by atoms with E-state index in [4.69, 9.17) is 0 Å². The molecule has 0 bridgehead atoms. The summed E-state index contributed by atoms with van der Waals surface area (Å²) in [5.74, 6) is 0.313. The van der Waals surface area contributed by atoms with E-state index in [1.165, 1.54) is 29.2 Å². The smallest absolute Gasteiger partial charge is 0.370 e. The monoisotopic (exact) mass is 481 g/mol. The van der Waals surface area contributed by atoms with Crippen LogP contribution in [-0.4, -0.2) is 39.5 Å². The average molecular weight is 482 g/mol. The topological polar surface area (TPSA) is 63.1 Å². The van der Waals surface area contributed by atoms with Crippen LogP contribution in [0, 0.1) is 0 Å². The van der Waals surface area contributed by atoms with Crippen molar-refractivity contribution in [3.8, 4) is 10.7 Å². The van der Waals surface area contributed by atoms with E-state index in [9.17, 15) is 18.0 Å². The molecule has 6 nitrogen and oxygen atoms in total. The summed E-state index contributed by atoms with van der Waals surface area (Å²) < 4.78 is 41.6. The number of amides is 1. The van der Waals surface area contributed by atoms with Crippen molar-refractivity contribution in [1.29, 1.82) is 0 Å². The Bertz CT molecular complexity index is 1080. The van der Waals surface area contributed by atoms with E-state index < -0.39 is 17.6 Å². The van der Waals surface area contributed by atoms with Crippen LogP contribution in [0.15, 0.2) is 40.9 Å². The van der Waals surface area contributed by atoms with E-state index in [1.807, 2.05) is 29.5 Å². The molecule has 0 radical (unpaired) electrons. The predicted octanol–water partition coefficient (Wildman–Crippen LogP) is 5.28. The van der Waals surface area contributed by atoms with Crippen molar-refractivity contribution in [3.05, 3.63) is 41.3 Å². The number of hydrogen-bond donors (Lipinski definition) is 1. The lowest BCUT2D eigenvalue weighted by atomic mass is 10.1. The molecule has 170 valence electrons. The lowest BCUT2D eigenvalue weighted by Gasteiger charge is -2.31. The molecule has 1 amide bonds. The van der Waals surface area contributed by atoms with Gasteiger partial charge in [-0.15, -0.1) is 21.5 Å². The number of carbonyl (C=O) groups is 1. The Kier molecular flexibility index (Phi) is 6.75. The fraction of sp³-hybridized carbons (Fsp3) is 0.381. The molecule has 3 heterocycles. The molecule has 1 N–H and O–H groups in total. The summed E-state index contributed by atoms with van der Waals surface area (Å²) in [7, 11) is 1.82. The summed E-state index contributed by atoms with van der Waals surface area (Å²) in [5, 5.41) is 13.5. The SMILES string of the molecule is Cn1c(SCC(=O)Nc2cc(C(F)(F)F)ccc2N2CCCCC2)nnc1-c1cccs1. The molecule has 1 saturated heterocycles. The molecule has 0 spiro atoms. The molecule has 0 aliphatic carbocycles. The van der Waals surface area contributed by atoms with Crippen LogP contribution in [0.5, 0.6) is 0 Å². The third-order valence-corrected chi connectivity index (χ3v) is 7.09. The van der Waals surface area contributed by atoms with E-state index >= 15 is 0 Å². The molecule has 1 aromatic carbocycles. The molecule has 1 fully saturated rings. The van der Waals surface area contributed by atoms with Crippen molar-refractivity contribution >= 4 is 40.4 Å². The summed E-state index contributed by atoms with van der Waals surface area (Å²) in [6.07, 6.45) is -1.43. The van der Waals surface area contributed by atoms with Crippen LogP contribution in [0.4, 0.5) is 24.5 Å². The van der Waals surface area contributed by atoms with Crippen molar-refractivity contribution in [3.63, 3.8) is 0 Å². The molecule has 2 aromatic heterocycles. The van der Waals surface area contributed by atoms with Gasteiger partial charge in [0, 0.05) is 20.1 Å². The Morgan fingerprint density at radius 3 is 2.66 bits per heavy atom. The van der Waals surface area contributed by atoms with Gasteiger partial charge in [-0.1, -0.05) is 17.8 Å². The second-order valence-electron chi connectivity index (χ2n) is 7.46. The van der Waals surface area contributed by atoms with Crippen LogP contribution in [0.3, 0.4) is 0 Å². The fourth-order valence-electron chi connectivity index (χ4n) is 3.60. The predicted molar refractivity (Wildman–Crippen MR) is 121 cm³/mol. The summed E-state index contributed by atoms with van der Waals surface area (Å²) in [5.41, 5.74) is 0.0226. The van der Waals surface area contributed by atoms with Gasteiger partial charge in [-0.25, -0.2) is 0 Å². The van der Waals surface area contributed by atoms with Gasteiger partial charge >= 0.3 is 6.18 Å². The lowest BCUT2D eigenvalue weighted by Crippen LogP contribution is -2.30. The van der Waals surface area contributed by atoms with Crippen molar-refractivity contribution in [2.24, 2.45) is 7.05 Å². The normalized spacial score (nSPS) is 14.6. The summed E-state index contributed by atoms with van der Waals surface area (Å²) in [4.78, 5) is 15.6. The number of nitrogens with one attached hydrogen (secondary N) is 1. The summed E-state index contributed by atoms with van der Waals surface area (Å²) >= 11 is 2.73. The highest BCUT2D eigenvalue weighted by Crippen LogP contribution is 2.36. The van der Waals surface area contributed by atoms with Crippen LogP contribution in [-0.2, 0) is 18.0 Å². The molecule has 4 rings (SSSR count). The summed E-state index contributed by atoms with van der Waals surface area (Å²) in [6.45, 7) is 1.51. The first kappa shape index (κ1) is 22.7. The number of anilines is 2. The number of carbonyl (C=O) groups excluding carboxylic acids is 1. The van der Waals surface area contributed by atoms with Gasteiger partial charge in [-0.05, 0) is 48.9 Å². The van der Waals surface area contributed by atoms with Crippen LogP contribution < -0.4 is 10.2 Å². The van der Waals surface area contributed by atoms with Crippen LogP contribution in [0.2, 0.25) is 0 Å². The Morgan fingerprint density at radius 2 is 1.97 bits per heavy atom. The molecule has 1 aliphatic heterocycles. The van der Waals surface area contributed by atoms with Crippen molar-refractivity contribution < 1.29 is 18.0 Å². The zero-order chi connectivity index (χ0) is 22.7. The highest BCUT2D eigenvalue weighted by atomic mass is 32.2. The standard InChI is InChI=1S/C21H22F3N5OS2/c1-28-19(17-6-5-11-31-17)26-27-20(28)32-13-18(30)25-15-12-14(21(22,23)24)7-8-16(15)29-9-3-2-4-10-29/h5-8,11-12H,2-4,9-10,13H2,1H3,(H,25,30). The third kappa shape index (κ3) is 5.09. The largest absolute Gasteiger partial charge is 0.416 e. The average Bonchev–Trinajstić information content (AvgIpc) is 3.42. The molecule has 0 atom stereocenters. The number of piperidine rings is 1. The highest BCUT2D eigenvalue weighted by Gasteiger charge is 2.32. The van der Waals surface area contributed by atoms with E-state index in [-0.39, 0.29) is 11.4 Å². The van der Waals surface area contributed by atoms with Crippen LogP contribution in [0.25, 0.3) is 10.7 Å². The number of benzene rings is 1. The van der Waals surface area contributed by atoms with Crippen LogP contribution in [0.1, 0.15) is 24.8 Å². The molecule has 0 unspecified atom stereocenters. The zero-order valence-corrected chi connectivity index (χ0v) is 19.0. The Labute approximate surface area is 191 Å². The Balaban J connectivity index is 1.48. The summed E-state index contributed by atoms with van der Waals surface area (Å²) in [6, 6.07) is 7.39. The first-order chi connectivity index (χ1) is 15.3. The maximum atomic E-state index is 13.3. The van der Waals surface area contributed by atoms with Gasteiger partial charge in [0.2, 0.25) is 5.91 Å². The Hall–Kier alpha value is -2.53. The molecular weight excluding hydrogens is 459 g/mol. The molecule has 1 aliphatic rings. The molecule has 32 heavy (non-hydrogen) atoms. The first-order valence-electron chi connectivity index (χ1n) is 10.1. The number of rotatable bonds is 6. The zero-order valence-electron chi connectivity index (χ0n) is 17.4. The van der Waals surface area contributed by atoms with E-state index in [0.29, 0.717) is 16.7 Å². The minimum atomic E-state index is -4.48. The van der Waals surface area contributed by atoms with Gasteiger partial charge in [0.05, 0.1) is 27.6 Å². The van der Waals surface area contributed by atoms with Crippen molar-refractivity contribution in [1.82, 2.24) is 14.8 Å². The number of thioether (sulfide) groups is 1. The second-order valence-corrected chi connectivity index (χ2v) is 9.35. The minimum absolute atomic E-state index is 0.00605. The van der Waals surface area contributed by atoms with Crippen molar-refractivity contribution in [2.45, 2.75) is 30.6 Å². The third-order valence-electron chi connectivity index (χ3n) is 5.20. The maximum absolute atomic E-state index is 13.3. The first-order valence-corrected chi connectivity index (χ1v) is 12.0. The Morgan fingerprint density at radius 1 is 1.19 bits per heavy atom. The van der Waals surface area contributed by atoms with E-state index in [0.717, 1.165) is 49.4 Å². The van der Waals surface area contributed by atoms with Gasteiger partial charge in [-0.3, -0.25) is 4.79 Å². The lowest BCUT2D eigenvalue weighted by molar-refractivity contribution is -0.137. The number of alkyl halides is 3. The number of hydrogen-bond acceptors (Lipinski definition) is 6. The van der Waals surface area contributed by atoms with Crippen LogP contribution >= 0.6 is 23.1 Å².